The summed E-state index contributed by atoms with van der Waals surface area (Å²) in [6.45, 7) is 1.83. The van der Waals surface area contributed by atoms with Gasteiger partial charge in [-0.1, -0.05) is 23.7 Å². The minimum atomic E-state index is -1.30. The number of nitrogens with zero attached hydrogens (tertiary/aromatic N) is 1. The molecule has 2 aromatic rings. The van der Waals surface area contributed by atoms with Gasteiger partial charge in [-0.15, -0.1) is 0 Å². The highest BCUT2D eigenvalue weighted by Gasteiger charge is 2.20. The molecule has 108 valence electrons. The van der Waals surface area contributed by atoms with Crippen molar-refractivity contribution in [3.8, 4) is 5.69 Å². The first-order valence-corrected chi connectivity index (χ1v) is 6.31. The number of nitrogens with two attached hydrogens (primary N) is 1. The van der Waals surface area contributed by atoms with Crippen LogP contribution in [-0.4, -0.2) is 21.6 Å². The first-order valence-electron chi connectivity index (χ1n) is 5.93. The molecule has 1 heterocycles. The van der Waals surface area contributed by atoms with Gasteiger partial charge in [0.25, 0.3) is 5.91 Å². The fourth-order valence-corrected chi connectivity index (χ4v) is 2.29. The van der Waals surface area contributed by atoms with Crippen molar-refractivity contribution >= 4 is 23.5 Å². The van der Waals surface area contributed by atoms with Crippen molar-refractivity contribution in [1.29, 1.82) is 5.41 Å². The highest BCUT2D eigenvalue weighted by molar-refractivity contribution is 6.33. The standard InChI is InChI=1S/C14H12ClN3O3/c1-7-3-2-4-8(5-7)18-11(14(20)21)10(15)6-9(12(18)16)13(17)19/h2-6,16H,1H3,(H2,17,19)(H,20,21). The van der Waals surface area contributed by atoms with E-state index in [0.717, 1.165) is 16.2 Å². The van der Waals surface area contributed by atoms with Gasteiger partial charge in [-0.3, -0.25) is 14.8 Å². The number of aromatic nitrogens is 1. The molecule has 1 aromatic heterocycles. The number of rotatable bonds is 3. The van der Waals surface area contributed by atoms with Crippen LogP contribution in [0.25, 0.3) is 5.69 Å². The third-order valence-corrected chi connectivity index (χ3v) is 3.22. The van der Waals surface area contributed by atoms with Gasteiger partial charge < -0.3 is 10.8 Å². The molecule has 0 bridgehead atoms. The van der Waals surface area contributed by atoms with E-state index in [1.165, 1.54) is 0 Å². The number of carboxylic acids is 1. The first kappa shape index (κ1) is 14.8. The van der Waals surface area contributed by atoms with Crippen LogP contribution in [-0.2, 0) is 0 Å². The van der Waals surface area contributed by atoms with Crippen molar-refractivity contribution < 1.29 is 14.7 Å². The lowest BCUT2D eigenvalue weighted by molar-refractivity contribution is 0.0686. The fourth-order valence-electron chi connectivity index (χ4n) is 2.01. The number of pyridine rings is 1. The van der Waals surface area contributed by atoms with Crippen LogP contribution in [0, 0.1) is 12.3 Å². The maximum Gasteiger partial charge on any atom is 0.354 e. The van der Waals surface area contributed by atoms with Crippen molar-refractivity contribution in [3.63, 3.8) is 0 Å². The lowest BCUT2D eigenvalue weighted by atomic mass is 10.1. The molecule has 0 aliphatic rings. The number of hydrogen-bond acceptors (Lipinski definition) is 3. The quantitative estimate of drug-likeness (QED) is 0.803. The van der Waals surface area contributed by atoms with Gasteiger partial charge in [0.15, 0.2) is 5.69 Å². The number of benzene rings is 1. The average molecular weight is 306 g/mol. The Morgan fingerprint density at radius 3 is 2.52 bits per heavy atom. The molecule has 0 saturated carbocycles. The summed E-state index contributed by atoms with van der Waals surface area (Å²) in [7, 11) is 0. The topological polar surface area (TPSA) is 109 Å². The summed E-state index contributed by atoms with van der Waals surface area (Å²) in [5.74, 6) is -2.15. The number of hydrogen-bond donors (Lipinski definition) is 3. The molecule has 6 nitrogen and oxygen atoms in total. The highest BCUT2D eigenvalue weighted by atomic mass is 35.5. The summed E-state index contributed by atoms with van der Waals surface area (Å²) < 4.78 is 1.10. The predicted molar refractivity (Wildman–Crippen MR) is 76.8 cm³/mol. The zero-order valence-electron chi connectivity index (χ0n) is 11.1. The molecule has 1 amide bonds. The number of carbonyl (C=O) groups excluding carboxylic acids is 1. The molecule has 0 spiro atoms. The van der Waals surface area contributed by atoms with Gasteiger partial charge in [-0.25, -0.2) is 4.79 Å². The van der Waals surface area contributed by atoms with Crippen LogP contribution >= 0.6 is 11.6 Å². The van der Waals surface area contributed by atoms with Crippen LogP contribution in [0.3, 0.4) is 0 Å². The molecule has 0 atom stereocenters. The Morgan fingerprint density at radius 2 is 2.00 bits per heavy atom. The summed E-state index contributed by atoms with van der Waals surface area (Å²) in [5, 5.41) is 17.2. The first-order chi connectivity index (χ1) is 9.82. The van der Waals surface area contributed by atoms with Crippen molar-refractivity contribution in [3.05, 3.63) is 57.7 Å². The van der Waals surface area contributed by atoms with Crippen molar-refractivity contribution in [2.75, 3.05) is 0 Å². The van der Waals surface area contributed by atoms with Gasteiger partial charge in [0, 0.05) is 5.69 Å². The SMILES string of the molecule is Cc1cccc(-n2c(C(=O)O)c(Cl)cc(C(N)=O)c2=N)c1. The number of carboxylic acid groups (broad SMARTS) is 1. The minimum Gasteiger partial charge on any atom is -0.477 e. The number of nitrogens with one attached hydrogen (secondary N) is 1. The van der Waals surface area contributed by atoms with Crippen LogP contribution in [0.15, 0.2) is 30.3 Å². The van der Waals surface area contributed by atoms with E-state index < -0.39 is 11.9 Å². The number of carbonyl (C=O) groups is 2. The molecule has 0 unspecified atom stereocenters. The van der Waals surface area contributed by atoms with Gasteiger partial charge >= 0.3 is 5.97 Å². The van der Waals surface area contributed by atoms with E-state index in [2.05, 4.69) is 0 Å². The van der Waals surface area contributed by atoms with Gasteiger partial charge in [0.05, 0.1) is 10.6 Å². The van der Waals surface area contributed by atoms with Crippen molar-refractivity contribution in [2.24, 2.45) is 5.73 Å². The summed E-state index contributed by atoms with van der Waals surface area (Å²) in [5.41, 5.74) is 5.73. The molecule has 0 saturated heterocycles. The second-order valence-electron chi connectivity index (χ2n) is 4.45. The van der Waals surface area contributed by atoms with Crippen LogP contribution in [0.1, 0.15) is 26.4 Å². The Labute approximate surface area is 124 Å². The Kier molecular flexibility index (Phi) is 3.82. The minimum absolute atomic E-state index is 0.147. The predicted octanol–water partition coefficient (Wildman–Crippen LogP) is 1.72. The highest BCUT2D eigenvalue weighted by Crippen LogP contribution is 2.20. The van der Waals surface area contributed by atoms with Crippen molar-refractivity contribution in [2.45, 2.75) is 6.92 Å². The molecule has 0 radical (unpaired) electrons. The lowest BCUT2D eigenvalue weighted by Crippen LogP contribution is -2.32. The fraction of sp³-hybridized carbons (Fsp3) is 0.0714. The van der Waals surface area contributed by atoms with Crippen molar-refractivity contribution in [1.82, 2.24) is 4.57 Å². The van der Waals surface area contributed by atoms with Gasteiger partial charge in [-0.05, 0) is 30.7 Å². The number of halogens is 1. The smallest absolute Gasteiger partial charge is 0.354 e. The summed E-state index contributed by atoms with van der Waals surface area (Å²) in [6, 6.07) is 7.95. The summed E-state index contributed by atoms with van der Waals surface area (Å²) in [4.78, 5) is 22.8. The Balaban J connectivity index is 2.94. The van der Waals surface area contributed by atoms with Crippen LogP contribution in [0.5, 0.6) is 0 Å². The number of aromatic carboxylic acids is 1. The molecule has 21 heavy (non-hydrogen) atoms. The second kappa shape index (κ2) is 5.41. The maximum absolute atomic E-state index is 11.4. The molecule has 1 aromatic carbocycles. The van der Waals surface area contributed by atoms with Crippen LogP contribution in [0.2, 0.25) is 5.02 Å². The van der Waals surface area contributed by atoms with Gasteiger partial charge in [0.1, 0.15) is 5.49 Å². The lowest BCUT2D eigenvalue weighted by Gasteiger charge is -2.15. The van der Waals surface area contributed by atoms with E-state index in [0.29, 0.717) is 5.69 Å². The Hall–Kier alpha value is -2.60. The van der Waals surface area contributed by atoms with E-state index >= 15 is 0 Å². The summed E-state index contributed by atoms with van der Waals surface area (Å²) in [6.07, 6.45) is 0. The van der Waals surface area contributed by atoms with E-state index in [1.807, 2.05) is 13.0 Å². The molecule has 4 N–H and O–H groups in total. The van der Waals surface area contributed by atoms with Crippen LogP contribution < -0.4 is 11.2 Å². The Morgan fingerprint density at radius 1 is 1.33 bits per heavy atom. The zero-order chi connectivity index (χ0) is 15.7. The molecule has 7 heteroatoms. The molecular formula is C14H12ClN3O3. The van der Waals surface area contributed by atoms with E-state index in [9.17, 15) is 14.7 Å². The van der Waals surface area contributed by atoms with Crippen LogP contribution in [0.4, 0.5) is 0 Å². The molecule has 0 fully saturated rings. The van der Waals surface area contributed by atoms with Gasteiger partial charge in [0.2, 0.25) is 0 Å². The normalized spacial score (nSPS) is 10.4. The number of aryl methyl sites for hydroxylation is 1. The van der Waals surface area contributed by atoms with Gasteiger partial charge in [-0.2, -0.15) is 0 Å². The molecular weight excluding hydrogens is 294 g/mol. The van der Waals surface area contributed by atoms with E-state index in [1.54, 1.807) is 18.2 Å². The monoisotopic (exact) mass is 305 g/mol. The summed E-state index contributed by atoms with van der Waals surface area (Å²) >= 11 is 5.94. The molecule has 0 aliphatic carbocycles. The van der Waals surface area contributed by atoms with E-state index in [-0.39, 0.29) is 21.8 Å². The Bertz CT molecular complexity index is 812. The molecule has 2 rings (SSSR count). The number of amides is 1. The van der Waals surface area contributed by atoms with E-state index in [4.69, 9.17) is 22.7 Å². The zero-order valence-corrected chi connectivity index (χ0v) is 11.8. The largest absolute Gasteiger partial charge is 0.477 e. The second-order valence-corrected chi connectivity index (χ2v) is 4.85. The average Bonchev–Trinajstić information content (AvgIpc) is 2.39. The number of primary amides is 1. The molecule has 0 aliphatic heterocycles. The third kappa shape index (κ3) is 2.66. The maximum atomic E-state index is 11.4. The third-order valence-electron chi connectivity index (χ3n) is 2.93.